The van der Waals surface area contributed by atoms with Gasteiger partial charge in [-0.25, -0.2) is 4.79 Å². The van der Waals surface area contributed by atoms with E-state index in [4.69, 9.17) is 9.62 Å². The molecular formula is C12H17NO6. The molecule has 7 nitrogen and oxygen atoms in total. The van der Waals surface area contributed by atoms with Gasteiger partial charge in [0.1, 0.15) is 12.2 Å². The van der Waals surface area contributed by atoms with Gasteiger partial charge < -0.3 is 4.74 Å². The van der Waals surface area contributed by atoms with Gasteiger partial charge >= 0.3 is 6.16 Å². The Bertz CT molecular complexity index is 391. The van der Waals surface area contributed by atoms with Gasteiger partial charge in [-0.15, -0.1) is 0 Å². The molecule has 0 N–H and O–H groups in total. The number of imide groups is 1. The highest BCUT2D eigenvalue weighted by molar-refractivity contribution is 6.13. The Morgan fingerprint density at radius 2 is 1.79 bits per heavy atom. The minimum atomic E-state index is -1.02. The topological polar surface area (TPSA) is 82.1 Å². The van der Waals surface area contributed by atoms with E-state index in [1.165, 1.54) is 12.2 Å². The van der Waals surface area contributed by atoms with Crippen LogP contribution in [-0.4, -0.2) is 41.1 Å². The molecule has 1 aliphatic heterocycles. The molecule has 0 fully saturated rings. The van der Waals surface area contributed by atoms with Crippen molar-refractivity contribution in [3.8, 4) is 0 Å². The van der Waals surface area contributed by atoms with Gasteiger partial charge in [-0.2, -0.15) is 4.89 Å². The maximum absolute atomic E-state index is 11.3. The van der Waals surface area contributed by atoms with Gasteiger partial charge in [0, 0.05) is 12.2 Å². The SMILES string of the molecule is CC(COC(=O)OOC(C)(C)C)N1C(=O)C=CC1=O. The van der Waals surface area contributed by atoms with Crippen molar-refractivity contribution < 1.29 is 28.9 Å². The fraction of sp³-hybridized carbons (Fsp3) is 0.583. The zero-order chi connectivity index (χ0) is 14.6. The average molecular weight is 271 g/mol. The predicted octanol–water partition coefficient (Wildman–Crippen LogP) is 1.18. The van der Waals surface area contributed by atoms with Crippen LogP contribution in [0.3, 0.4) is 0 Å². The third-order valence-corrected chi connectivity index (χ3v) is 2.09. The van der Waals surface area contributed by atoms with E-state index in [9.17, 15) is 14.4 Å². The molecule has 1 rings (SSSR count). The largest absolute Gasteiger partial charge is 0.540 e. The highest BCUT2D eigenvalue weighted by atomic mass is 17.2. The van der Waals surface area contributed by atoms with Crippen LogP contribution >= 0.6 is 0 Å². The van der Waals surface area contributed by atoms with E-state index in [1.54, 1.807) is 27.7 Å². The van der Waals surface area contributed by atoms with Crippen molar-refractivity contribution in [2.45, 2.75) is 39.3 Å². The zero-order valence-electron chi connectivity index (χ0n) is 11.3. The van der Waals surface area contributed by atoms with Crippen LogP contribution < -0.4 is 0 Å². The lowest BCUT2D eigenvalue weighted by Gasteiger charge is -2.22. The van der Waals surface area contributed by atoms with E-state index in [-0.39, 0.29) is 6.61 Å². The average Bonchev–Trinajstić information content (AvgIpc) is 2.62. The summed E-state index contributed by atoms with van der Waals surface area (Å²) < 4.78 is 4.75. The van der Waals surface area contributed by atoms with Crippen LogP contribution in [0.2, 0.25) is 0 Å². The number of carbonyl (C=O) groups excluding carboxylic acids is 3. The molecule has 0 radical (unpaired) electrons. The predicted molar refractivity (Wildman–Crippen MR) is 63.7 cm³/mol. The van der Waals surface area contributed by atoms with E-state index in [0.29, 0.717) is 0 Å². The minimum absolute atomic E-state index is 0.161. The molecule has 0 spiro atoms. The van der Waals surface area contributed by atoms with Crippen molar-refractivity contribution in [3.63, 3.8) is 0 Å². The molecule has 106 valence electrons. The Kier molecular flexibility index (Phi) is 4.66. The van der Waals surface area contributed by atoms with Crippen LogP contribution in [0.25, 0.3) is 0 Å². The number of carbonyl (C=O) groups is 3. The highest BCUT2D eigenvalue weighted by Gasteiger charge is 2.29. The first-order valence-electron chi connectivity index (χ1n) is 5.78. The summed E-state index contributed by atoms with van der Waals surface area (Å²) in [5.74, 6) is -0.860. The summed E-state index contributed by atoms with van der Waals surface area (Å²) >= 11 is 0. The first-order valence-corrected chi connectivity index (χ1v) is 5.78. The van der Waals surface area contributed by atoms with Crippen molar-refractivity contribution in [3.05, 3.63) is 12.2 Å². The molecule has 1 aliphatic rings. The third kappa shape index (κ3) is 4.70. The molecule has 19 heavy (non-hydrogen) atoms. The number of hydrogen-bond acceptors (Lipinski definition) is 6. The van der Waals surface area contributed by atoms with Crippen molar-refractivity contribution in [2.75, 3.05) is 6.61 Å². The van der Waals surface area contributed by atoms with Crippen LogP contribution in [-0.2, 0) is 24.1 Å². The molecule has 0 saturated heterocycles. The maximum atomic E-state index is 11.3. The van der Waals surface area contributed by atoms with Crippen LogP contribution in [0.4, 0.5) is 4.79 Å². The lowest BCUT2D eigenvalue weighted by molar-refractivity contribution is -0.312. The highest BCUT2D eigenvalue weighted by Crippen LogP contribution is 2.11. The number of amides is 2. The molecule has 0 aliphatic carbocycles. The normalized spacial score (nSPS) is 16.7. The molecule has 1 atom stereocenters. The van der Waals surface area contributed by atoms with Gasteiger partial charge in [-0.05, 0) is 27.7 Å². The van der Waals surface area contributed by atoms with Crippen molar-refractivity contribution in [2.24, 2.45) is 0 Å². The van der Waals surface area contributed by atoms with Gasteiger partial charge in [0.2, 0.25) is 0 Å². The second-order valence-corrected chi connectivity index (χ2v) is 5.07. The number of ether oxygens (including phenoxy) is 1. The Balaban J connectivity index is 2.34. The summed E-state index contributed by atoms with van der Waals surface area (Å²) in [6, 6.07) is -0.572. The smallest absolute Gasteiger partial charge is 0.430 e. The second kappa shape index (κ2) is 5.83. The van der Waals surface area contributed by atoms with E-state index in [0.717, 1.165) is 4.90 Å². The van der Waals surface area contributed by atoms with Gasteiger partial charge in [-0.3, -0.25) is 19.4 Å². The summed E-state index contributed by atoms with van der Waals surface area (Å²) in [5, 5.41) is 0. The van der Waals surface area contributed by atoms with Crippen LogP contribution in [0.15, 0.2) is 12.2 Å². The second-order valence-electron chi connectivity index (χ2n) is 5.07. The number of rotatable bonds is 4. The van der Waals surface area contributed by atoms with Gasteiger partial charge in [0.25, 0.3) is 11.8 Å². The standard InChI is InChI=1S/C12H17NO6/c1-8(13-9(14)5-6-10(13)15)7-17-11(16)18-19-12(2,3)4/h5-6,8H,7H2,1-4H3. The lowest BCUT2D eigenvalue weighted by Crippen LogP contribution is -2.41. The molecule has 1 unspecified atom stereocenters. The van der Waals surface area contributed by atoms with E-state index in [1.807, 2.05) is 0 Å². The Labute approximate surface area is 111 Å². The van der Waals surface area contributed by atoms with Crippen LogP contribution in [0, 0.1) is 0 Å². The summed E-state index contributed by atoms with van der Waals surface area (Å²) in [6.45, 7) is 6.54. The molecule has 0 saturated carbocycles. The summed E-state index contributed by atoms with van der Waals surface area (Å²) in [5.41, 5.74) is -0.643. The Hall–Kier alpha value is -1.89. The van der Waals surface area contributed by atoms with Crippen LogP contribution in [0.5, 0.6) is 0 Å². The fourth-order valence-electron chi connectivity index (χ4n) is 1.29. The molecule has 0 bridgehead atoms. The molecule has 0 aromatic carbocycles. The fourth-order valence-corrected chi connectivity index (χ4v) is 1.29. The zero-order valence-corrected chi connectivity index (χ0v) is 11.3. The number of nitrogens with zero attached hydrogens (tertiary/aromatic N) is 1. The van der Waals surface area contributed by atoms with Crippen molar-refractivity contribution in [1.29, 1.82) is 0 Å². The molecule has 0 aromatic rings. The summed E-state index contributed by atoms with van der Waals surface area (Å²) in [6.07, 6.45) is 1.31. The van der Waals surface area contributed by atoms with Gasteiger partial charge in [0.15, 0.2) is 0 Å². The van der Waals surface area contributed by atoms with E-state index in [2.05, 4.69) is 4.89 Å². The molecule has 7 heteroatoms. The Morgan fingerprint density at radius 3 is 2.26 bits per heavy atom. The van der Waals surface area contributed by atoms with Crippen molar-refractivity contribution in [1.82, 2.24) is 4.90 Å². The minimum Gasteiger partial charge on any atom is -0.430 e. The monoisotopic (exact) mass is 271 g/mol. The van der Waals surface area contributed by atoms with Crippen molar-refractivity contribution >= 4 is 18.0 Å². The number of hydrogen-bond donors (Lipinski definition) is 0. The van der Waals surface area contributed by atoms with Gasteiger partial charge in [0.05, 0.1) is 6.04 Å². The third-order valence-electron chi connectivity index (χ3n) is 2.09. The quantitative estimate of drug-likeness (QED) is 0.330. The summed E-state index contributed by atoms with van der Waals surface area (Å²) in [7, 11) is 0. The molecule has 1 heterocycles. The molecule has 0 aromatic heterocycles. The lowest BCUT2D eigenvalue weighted by atomic mass is 10.2. The van der Waals surface area contributed by atoms with Gasteiger partial charge in [-0.1, -0.05) is 0 Å². The van der Waals surface area contributed by atoms with E-state index >= 15 is 0 Å². The van der Waals surface area contributed by atoms with E-state index < -0.39 is 29.6 Å². The first-order chi connectivity index (χ1) is 8.70. The maximum Gasteiger partial charge on any atom is 0.540 e. The molecule has 2 amide bonds. The summed E-state index contributed by atoms with van der Waals surface area (Å²) in [4.78, 5) is 44.1. The Morgan fingerprint density at radius 1 is 1.26 bits per heavy atom. The molecular weight excluding hydrogens is 254 g/mol. The first kappa shape index (κ1) is 15.2. The van der Waals surface area contributed by atoms with Crippen LogP contribution in [0.1, 0.15) is 27.7 Å².